The molecule has 0 saturated heterocycles. The lowest BCUT2D eigenvalue weighted by atomic mass is 9.98. The Labute approximate surface area is 159 Å². The summed E-state index contributed by atoms with van der Waals surface area (Å²) in [4.78, 5) is 18.1. The van der Waals surface area contributed by atoms with Gasteiger partial charge in [0.25, 0.3) is 0 Å². The lowest BCUT2D eigenvalue weighted by Crippen LogP contribution is -1.99. The third-order valence-corrected chi connectivity index (χ3v) is 4.85. The van der Waals surface area contributed by atoms with Crippen LogP contribution in [0, 0.1) is 0 Å². The van der Waals surface area contributed by atoms with Gasteiger partial charge in [0.2, 0.25) is 0 Å². The number of aliphatic carboxylic acids is 1. The first-order valence-corrected chi connectivity index (χ1v) is 8.67. The standard InChI is InChI=1S/C21H15ClN2O3/c22-19-15-8-9-23-11-17(15)24-20(19)16-3-1-2-14(21(16)27)13-6-4-12(5-7-13)10-18(25)26/h1-9,11,24,27H,10H2,(H,25,26). The average molecular weight is 379 g/mol. The van der Waals surface area contributed by atoms with E-state index in [-0.39, 0.29) is 12.2 Å². The summed E-state index contributed by atoms with van der Waals surface area (Å²) < 4.78 is 0. The molecule has 2 aromatic heterocycles. The van der Waals surface area contributed by atoms with Crippen molar-refractivity contribution in [2.45, 2.75) is 6.42 Å². The van der Waals surface area contributed by atoms with Gasteiger partial charge in [-0.15, -0.1) is 0 Å². The van der Waals surface area contributed by atoms with Crippen molar-refractivity contribution < 1.29 is 15.0 Å². The van der Waals surface area contributed by atoms with Crippen LogP contribution in [0.1, 0.15) is 5.56 Å². The number of hydrogen-bond acceptors (Lipinski definition) is 3. The number of aromatic hydroxyl groups is 1. The van der Waals surface area contributed by atoms with E-state index >= 15 is 0 Å². The molecule has 0 amide bonds. The molecule has 0 spiro atoms. The van der Waals surface area contributed by atoms with E-state index in [4.69, 9.17) is 16.7 Å². The Morgan fingerprint density at radius 3 is 2.52 bits per heavy atom. The summed E-state index contributed by atoms with van der Waals surface area (Å²) in [5.74, 6) is -0.777. The number of para-hydroxylation sites is 1. The fourth-order valence-electron chi connectivity index (χ4n) is 3.15. The molecule has 27 heavy (non-hydrogen) atoms. The van der Waals surface area contributed by atoms with Gasteiger partial charge in [-0.25, -0.2) is 0 Å². The van der Waals surface area contributed by atoms with Crippen LogP contribution in [-0.4, -0.2) is 26.2 Å². The number of pyridine rings is 1. The molecule has 0 fully saturated rings. The molecule has 3 N–H and O–H groups in total. The number of rotatable bonds is 4. The highest BCUT2D eigenvalue weighted by Crippen LogP contribution is 2.42. The van der Waals surface area contributed by atoms with Gasteiger partial charge in [-0.3, -0.25) is 9.78 Å². The summed E-state index contributed by atoms with van der Waals surface area (Å²) in [6, 6.07) is 14.4. The summed E-state index contributed by atoms with van der Waals surface area (Å²) in [6.07, 6.45) is 3.32. The lowest BCUT2D eigenvalue weighted by Gasteiger charge is -2.10. The van der Waals surface area contributed by atoms with Gasteiger partial charge in [0.05, 0.1) is 28.9 Å². The Bertz CT molecular complexity index is 1150. The zero-order chi connectivity index (χ0) is 19.0. The van der Waals surface area contributed by atoms with Crippen molar-refractivity contribution in [2.24, 2.45) is 0 Å². The summed E-state index contributed by atoms with van der Waals surface area (Å²) in [5.41, 5.74) is 4.14. The van der Waals surface area contributed by atoms with Gasteiger partial charge in [0.1, 0.15) is 5.75 Å². The molecule has 4 rings (SSSR count). The van der Waals surface area contributed by atoms with Crippen molar-refractivity contribution in [3.05, 3.63) is 71.5 Å². The van der Waals surface area contributed by atoms with E-state index in [0.29, 0.717) is 27.4 Å². The predicted octanol–water partition coefficient (Wildman–Crippen LogP) is 4.88. The summed E-state index contributed by atoms with van der Waals surface area (Å²) in [5, 5.41) is 21.1. The normalized spacial score (nSPS) is 11.0. The summed E-state index contributed by atoms with van der Waals surface area (Å²) in [7, 11) is 0. The number of halogens is 1. The first-order valence-electron chi connectivity index (χ1n) is 8.29. The number of phenols is 1. The van der Waals surface area contributed by atoms with Crippen molar-refractivity contribution >= 4 is 28.5 Å². The molecular formula is C21H15ClN2O3. The van der Waals surface area contributed by atoms with Crippen LogP contribution in [0.3, 0.4) is 0 Å². The van der Waals surface area contributed by atoms with Crippen molar-refractivity contribution in [1.82, 2.24) is 9.97 Å². The van der Waals surface area contributed by atoms with Crippen LogP contribution in [0.5, 0.6) is 5.75 Å². The van der Waals surface area contributed by atoms with Crippen LogP contribution in [0.2, 0.25) is 5.02 Å². The number of benzene rings is 2. The van der Waals surface area contributed by atoms with Crippen LogP contribution in [0.4, 0.5) is 0 Å². The number of phenolic OH excluding ortho intramolecular Hbond substituents is 1. The number of nitrogens with one attached hydrogen (secondary N) is 1. The molecule has 6 heteroatoms. The van der Waals surface area contributed by atoms with Gasteiger partial charge >= 0.3 is 5.97 Å². The molecule has 134 valence electrons. The second-order valence-electron chi connectivity index (χ2n) is 6.20. The largest absolute Gasteiger partial charge is 0.507 e. The zero-order valence-corrected chi connectivity index (χ0v) is 14.9. The molecule has 0 aliphatic carbocycles. The first kappa shape index (κ1) is 17.1. The van der Waals surface area contributed by atoms with Crippen LogP contribution in [0.15, 0.2) is 60.9 Å². The third-order valence-electron chi connectivity index (χ3n) is 4.46. The number of carboxylic acids is 1. The van der Waals surface area contributed by atoms with Gasteiger partial charge in [-0.1, -0.05) is 48.0 Å². The van der Waals surface area contributed by atoms with Crippen molar-refractivity contribution in [3.63, 3.8) is 0 Å². The molecule has 0 atom stereocenters. The quantitative estimate of drug-likeness (QED) is 0.472. The minimum Gasteiger partial charge on any atom is -0.507 e. The maximum absolute atomic E-state index is 10.9. The highest BCUT2D eigenvalue weighted by Gasteiger charge is 2.17. The number of nitrogens with zero attached hydrogens (tertiary/aromatic N) is 1. The smallest absolute Gasteiger partial charge is 0.307 e. The number of aromatic amines is 1. The Morgan fingerprint density at radius 1 is 1.07 bits per heavy atom. The van der Waals surface area contributed by atoms with E-state index in [1.165, 1.54) is 0 Å². The molecule has 0 aliphatic rings. The number of carbonyl (C=O) groups is 1. The van der Waals surface area contributed by atoms with E-state index in [1.807, 2.05) is 18.2 Å². The Hall–Kier alpha value is -3.31. The zero-order valence-electron chi connectivity index (χ0n) is 14.1. The molecule has 5 nitrogen and oxygen atoms in total. The molecule has 0 bridgehead atoms. The molecule has 2 aromatic carbocycles. The molecule has 2 heterocycles. The average Bonchev–Trinajstić information content (AvgIpc) is 2.99. The molecule has 0 radical (unpaired) electrons. The Morgan fingerprint density at radius 2 is 1.81 bits per heavy atom. The summed E-state index contributed by atoms with van der Waals surface area (Å²) in [6.45, 7) is 0. The summed E-state index contributed by atoms with van der Waals surface area (Å²) >= 11 is 6.51. The number of carboxylic acid groups (broad SMARTS) is 1. The SMILES string of the molecule is O=C(O)Cc1ccc(-c2cccc(-c3[nH]c4cnccc4c3Cl)c2O)cc1. The molecule has 4 aromatic rings. The van der Waals surface area contributed by atoms with Gasteiger partial charge in [0.15, 0.2) is 0 Å². The Balaban J connectivity index is 1.79. The minimum atomic E-state index is -0.879. The van der Waals surface area contributed by atoms with Crippen molar-refractivity contribution in [3.8, 4) is 28.1 Å². The second kappa shape index (κ2) is 6.78. The number of fused-ring (bicyclic) bond motifs is 1. The number of H-pyrrole nitrogens is 1. The van der Waals surface area contributed by atoms with Gasteiger partial charge in [-0.2, -0.15) is 0 Å². The minimum absolute atomic E-state index is 0.0367. The maximum atomic E-state index is 10.9. The fourth-order valence-corrected chi connectivity index (χ4v) is 3.46. The number of hydrogen-bond donors (Lipinski definition) is 3. The van der Waals surface area contributed by atoms with E-state index in [0.717, 1.165) is 16.5 Å². The molecule has 0 saturated carbocycles. The van der Waals surface area contributed by atoms with E-state index in [2.05, 4.69) is 9.97 Å². The monoisotopic (exact) mass is 378 g/mol. The van der Waals surface area contributed by atoms with Crippen LogP contribution in [-0.2, 0) is 11.2 Å². The highest BCUT2D eigenvalue weighted by atomic mass is 35.5. The van der Waals surface area contributed by atoms with E-state index in [1.54, 1.807) is 42.7 Å². The second-order valence-corrected chi connectivity index (χ2v) is 6.58. The van der Waals surface area contributed by atoms with Crippen LogP contribution >= 0.6 is 11.6 Å². The number of aromatic nitrogens is 2. The predicted molar refractivity (Wildman–Crippen MR) is 105 cm³/mol. The van der Waals surface area contributed by atoms with Crippen molar-refractivity contribution in [2.75, 3.05) is 0 Å². The van der Waals surface area contributed by atoms with Crippen LogP contribution in [0.25, 0.3) is 33.3 Å². The van der Waals surface area contributed by atoms with Crippen molar-refractivity contribution in [1.29, 1.82) is 0 Å². The van der Waals surface area contributed by atoms with Gasteiger partial charge < -0.3 is 15.2 Å². The molecule has 0 aliphatic heterocycles. The topological polar surface area (TPSA) is 86.2 Å². The third kappa shape index (κ3) is 3.13. The maximum Gasteiger partial charge on any atom is 0.307 e. The molecule has 0 unspecified atom stereocenters. The van der Waals surface area contributed by atoms with Crippen LogP contribution < -0.4 is 0 Å². The van der Waals surface area contributed by atoms with Gasteiger partial charge in [-0.05, 0) is 23.3 Å². The first-order chi connectivity index (χ1) is 13.0. The van der Waals surface area contributed by atoms with E-state index in [9.17, 15) is 9.90 Å². The van der Waals surface area contributed by atoms with E-state index < -0.39 is 5.97 Å². The highest BCUT2D eigenvalue weighted by molar-refractivity contribution is 6.38. The fraction of sp³-hybridized carbons (Fsp3) is 0.0476. The lowest BCUT2D eigenvalue weighted by molar-refractivity contribution is -0.136. The Kier molecular flexibility index (Phi) is 4.30. The molecular weight excluding hydrogens is 364 g/mol. The van der Waals surface area contributed by atoms with Gasteiger partial charge in [0, 0.05) is 22.7 Å².